The second kappa shape index (κ2) is 10.8. The Balaban J connectivity index is 1.50. The van der Waals surface area contributed by atoms with E-state index in [1.54, 1.807) is 12.1 Å². The van der Waals surface area contributed by atoms with Crippen molar-refractivity contribution in [3.8, 4) is 5.88 Å². The number of benzene rings is 1. The average molecular weight is 562 g/mol. The monoisotopic (exact) mass is 560 g/mol. The van der Waals surface area contributed by atoms with Gasteiger partial charge in [0.25, 0.3) is 0 Å². The van der Waals surface area contributed by atoms with E-state index in [1.165, 1.54) is 25.0 Å². The zero-order valence-corrected chi connectivity index (χ0v) is 23.3. The van der Waals surface area contributed by atoms with Crippen molar-refractivity contribution in [2.75, 3.05) is 0 Å². The number of halogens is 2. The second-order valence-corrected chi connectivity index (χ2v) is 12.8. The molecule has 196 valence electrons. The first-order valence-corrected chi connectivity index (χ1v) is 13.8. The Labute approximate surface area is 222 Å². The number of hydrogen-bond donors (Lipinski definition) is 2. The maximum atomic E-state index is 13.7. The molecule has 1 spiro atoms. The van der Waals surface area contributed by atoms with Gasteiger partial charge in [-0.15, -0.1) is 0 Å². The Bertz CT molecular complexity index is 1100. The van der Waals surface area contributed by atoms with Gasteiger partial charge in [-0.3, -0.25) is 4.79 Å². The highest BCUT2D eigenvalue weighted by Crippen LogP contribution is 2.50. The number of ether oxygens (including phenoxy) is 1. The minimum absolute atomic E-state index is 0.126. The van der Waals surface area contributed by atoms with Gasteiger partial charge in [-0.05, 0) is 108 Å². The number of aliphatic hydroxyl groups is 1. The van der Waals surface area contributed by atoms with Crippen LogP contribution in [-0.4, -0.2) is 33.7 Å². The molecule has 1 aliphatic carbocycles. The molecular weight excluding hydrogens is 523 g/mol. The quantitative estimate of drug-likeness (QED) is 0.400. The van der Waals surface area contributed by atoms with Crippen LogP contribution in [0.2, 0.25) is 0 Å². The highest BCUT2D eigenvalue weighted by Gasteiger charge is 2.46. The molecule has 3 atom stereocenters. The molecule has 0 saturated heterocycles. The Morgan fingerprint density at radius 2 is 2.06 bits per heavy atom. The maximum Gasteiger partial charge on any atom is 0.217 e. The summed E-state index contributed by atoms with van der Waals surface area (Å²) in [6.07, 6.45) is 8.09. The van der Waals surface area contributed by atoms with Gasteiger partial charge < -0.3 is 15.2 Å². The largest absolute Gasteiger partial charge is 0.471 e. The van der Waals surface area contributed by atoms with E-state index < -0.39 is 12.1 Å². The Kier molecular flexibility index (Phi) is 8.10. The third-order valence-electron chi connectivity index (χ3n) is 7.41. The number of fused-ring (bicyclic) bond motifs is 1. The molecule has 4 rings (SSSR count). The van der Waals surface area contributed by atoms with Gasteiger partial charge >= 0.3 is 0 Å². The van der Waals surface area contributed by atoms with Crippen LogP contribution in [0.25, 0.3) is 0 Å². The van der Waals surface area contributed by atoms with Gasteiger partial charge in [0.2, 0.25) is 11.8 Å². The fourth-order valence-corrected chi connectivity index (χ4v) is 6.01. The molecule has 1 aromatic heterocycles. The van der Waals surface area contributed by atoms with Crippen LogP contribution in [-0.2, 0) is 17.6 Å². The minimum Gasteiger partial charge on any atom is -0.471 e. The maximum absolute atomic E-state index is 13.7. The molecule has 0 unspecified atom stereocenters. The van der Waals surface area contributed by atoms with E-state index in [1.807, 2.05) is 6.20 Å². The average Bonchev–Trinajstić information content (AvgIpc) is 2.76. The Morgan fingerprint density at radius 1 is 1.31 bits per heavy atom. The SMILES string of the molecule is CC(=O)N[C@@H](Cc1ccc(F)c(Br)c1)[C@H](O)CC[C@H]1CC2(CCC2)Oc2ncc(CC(C)(C)C)cc21. The first-order chi connectivity index (χ1) is 16.9. The van der Waals surface area contributed by atoms with Gasteiger partial charge in [0.05, 0.1) is 16.6 Å². The summed E-state index contributed by atoms with van der Waals surface area (Å²) in [7, 11) is 0. The number of rotatable bonds is 8. The zero-order chi connectivity index (χ0) is 26.1. The van der Waals surface area contributed by atoms with E-state index in [0.717, 1.165) is 49.1 Å². The first kappa shape index (κ1) is 27.1. The predicted octanol–water partition coefficient (Wildman–Crippen LogP) is 6.25. The van der Waals surface area contributed by atoms with Crippen molar-refractivity contribution < 1.29 is 19.0 Å². The van der Waals surface area contributed by atoms with Crippen molar-refractivity contribution in [1.82, 2.24) is 10.3 Å². The number of pyridine rings is 1. The van der Waals surface area contributed by atoms with E-state index in [9.17, 15) is 14.3 Å². The van der Waals surface area contributed by atoms with Crippen LogP contribution < -0.4 is 10.1 Å². The number of nitrogens with zero attached hydrogens (tertiary/aromatic N) is 1. The number of amides is 1. The van der Waals surface area contributed by atoms with Crippen LogP contribution in [0, 0.1) is 11.2 Å². The molecule has 2 heterocycles. The van der Waals surface area contributed by atoms with E-state index >= 15 is 0 Å². The van der Waals surface area contributed by atoms with Gasteiger partial charge in [-0.2, -0.15) is 0 Å². The third-order valence-corrected chi connectivity index (χ3v) is 8.02. The molecule has 7 heteroatoms. The van der Waals surface area contributed by atoms with Crippen molar-refractivity contribution in [2.24, 2.45) is 5.41 Å². The number of aliphatic hydroxyl groups excluding tert-OH is 1. The van der Waals surface area contributed by atoms with Crippen LogP contribution in [0.3, 0.4) is 0 Å². The molecule has 1 aliphatic heterocycles. The fourth-order valence-electron chi connectivity index (χ4n) is 5.58. The number of nitrogens with one attached hydrogen (secondary N) is 1. The van der Waals surface area contributed by atoms with Crippen molar-refractivity contribution in [3.05, 3.63) is 57.4 Å². The summed E-state index contributed by atoms with van der Waals surface area (Å²) >= 11 is 3.23. The van der Waals surface area contributed by atoms with Gasteiger partial charge in [-0.25, -0.2) is 9.37 Å². The van der Waals surface area contributed by atoms with E-state index in [2.05, 4.69) is 48.1 Å². The lowest BCUT2D eigenvalue weighted by Crippen LogP contribution is -2.47. The molecule has 2 aromatic rings. The van der Waals surface area contributed by atoms with Crippen LogP contribution in [0.4, 0.5) is 4.39 Å². The van der Waals surface area contributed by atoms with Gasteiger partial charge in [0, 0.05) is 18.7 Å². The van der Waals surface area contributed by atoms with Gasteiger partial charge in [0.1, 0.15) is 11.4 Å². The van der Waals surface area contributed by atoms with Gasteiger partial charge in [0.15, 0.2) is 0 Å². The van der Waals surface area contributed by atoms with Crippen molar-refractivity contribution >= 4 is 21.8 Å². The fraction of sp³-hybridized carbons (Fsp3) is 0.586. The summed E-state index contributed by atoms with van der Waals surface area (Å²) < 4.78 is 20.5. The number of aromatic nitrogens is 1. The lowest BCUT2D eigenvalue weighted by Gasteiger charge is -2.47. The first-order valence-electron chi connectivity index (χ1n) is 13.0. The molecule has 0 bridgehead atoms. The van der Waals surface area contributed by atoms with Gasteiger partial charge in [-0.1, -0.05) is 26.8 Å². The van der Waals surface area contributed by atoms with Crippen LogP contribution in [0.5, 0.6) is 5.88 Å². The minimum atomic E-state index is -0.730. The topological polar surface area (TPSA) is 71.5 Å². The number of carbonyl (C=O) groups excluding carboxylic acids is 1. The molecule has 2 aliphatic rings. The Morgan fingerprint density at radius 3 is 2.67 bits per heavy atom. The normalized spacial score (nSPS) is 20.1. The summed E-state index contributed by atoms with van der Waals surface area (Å²) in [6, 6.07) is 6.59. The third kappa shape index (κ3) is 6.65. The molecule has 0 radical (unpaired) electrons. The van der Waals surface area contributed by atoms with Crippen molar-refractivity contribution in [2.45, 2.75) is 103 Å². The van der Waals surface area contributed by atoms with E-state index in [4.69, 9.17) is 9.72 Å². The molecule has 2 N–H and O–H groups in total. The summed E-state index contributed by atoms with van der Waals surface area (Å²) in [4.78, 5) is 16.6. The summed E-state index contributed by atoms with van der Waals surface area (Å²) in [5.74, 6) is 0.459. The Hall–Kier alpha value is -1.99. The van der Waals surface area contributed by atoms with E-state index in [0.29, 0.717) is 17.3 Å². The molecule has 1 amide bonds. The van der Waals surface area contributed by atoms with Crippen LogP contribution in [0.15, 0.2) is 34.9 Å². The summed E-state index contributed by atoms with van der Waals surface area (Å²) in [6.45, 7) is 8.13. The van der Waals surface area contributed by atoms with Crippen LogP contribution >= 0.6 is 15.9 Å². The molecule has 5 nitrogen and oxygen atoms in total. The molecule has 1 saturated carbocycles. The summed E-state index contributed by atoms with van der Waals surface area (Å²) in [5.41, 5.74) is 3.23. The second-order valence-electron chi connectivity index (χ2n) is 11.9. The van der Waals surface area contributed by atoms with E-state index in [-0.39, 0.29) is 28.7 Å². The standard InChI is InChI=1S/C29H38BrFN2O3/c1-18(34)33-25(14-19-6-8-24(31)23(30)13-19)26(35)9-7-21-16-29(10-5-11-29)36-27-22(21)12-20(17-32-27)15-28(2,3)4/h6,8,12-13,17,21,25-26,35H,5,7,9-11,14-16H2,1-4H3,(H,33,34)/t21-,25-,26+/m0/s1. The molecule has 1 fully saturated rings. The smallest absolute Gasteiger partial charge is 0.217 e. The molecular formula is C29H38BrFN2O3. The highest BCUT2D eigenvalue weighted by atomic mass is 79.9. The summed E-state index contributed by atoms with van der Waals surface area (Å²) in [5, 5.41) is 14.1. The lowest BCUT2D eigenvalue weighted by atomic mass is 9.70. The van der Waals surface area contributed by atoms with Crippen molar-refractivity contribution in [1.29, 1.82) is 0 Å². The molecule has 36 heavy (non-hydrogen) atoms. The predicted molar refractivity (Wildman–Crippen MR) is 143 cm³/mol. The van der Waals surface area contributed by atoms with Crippen molar-refractivity contribution in [3.63, 3.8) is 0 Å². The number of hydrogen-bond acceptors (Lipinski definition) is 4. The highest BCUT2D eigenvalue weighted by molar-refractivity contribution is 9.10. The molecule has 1 aromatic carbocycles. The number of carbonyl (C=O) groups is 1. The van der Waals surface area contributed by atoms with Crippen LogP contribution in [0.1, 0.15) is 88.8 Å². The lowest BCUT2D eigenvalue weighted by molar-refractivity contribution is -0.120. The zero-order valence-electron chi connectivity index (χ0n) is 21.7.